The molecule has 6 nitrogen and oxygen atoms in total. The molecule has 3 aliphatic heterocycles. The minimum absolute atomic E-state index is 0.165. The van der Waals surface area contributed by atoms with Gasteiger partial charge in [-0.2, -0.15) is 0 Å². The molecule has 1 spiro atoms. The van der Waals surface area contributed by atoms with Gasteiger partial charge in [0.2, 0.25) is 5.91 Å². The van der Waals surface area contributed by atoms with Crippen molar-refractivity contribution in [3.63, 3.8) is 0 Å². The van der Waals surface area contributed by atoms with Gasteiger partial charge in [-0.1, -0.05) is 12.1 Å². The predicted octanol–water partition coefficient (Wildman–Crippen LogP) is 1.79. The Labute approximate surface area is 167 Å². The second-order valence-electron chi connectivity index (χ2n) is 8.92. The first-order valence-electron chi connectivity index (χ1n) is 10.6. The Morgan fingerprint density at radius 1 is 1.18 bits per heavy atom. The molecule has 3 fully saturated rings. The molecule has 3 aliphatic rings. The Bertz CT molecular complexity index is 670. The van der Waals surface area contributed by atoms with E-state index in [2.05, 4.69) is 4.90 Å². The summed E-state index contributed by atoms with van der Waals surface area (Å²) in [6, 6.07) is 6.88. The first-order valence-corrected chi connectivity index (χ1v) is 10.6. The van der Waals surface area contributed by atoms with Crippen LogP contribution in [-0.4, -0.2) is 77.5 Å². The maximum Gasteiger partial charge on any atom is 0.226 e. The first-order chi connectivity index (χ1) is 13.5. The Hall–Kier alpha value is -1.63. The van der Waals surface area contributed by atoms with E-state index in [1.54, 1.807) is 12.1 Å². The van der Waals surface area contributed by atoms with Crippen LogP contribution in [0.25, 0.3) is 0 Å². The van der Waals surface area contributed by atoms with Gasteiger partial charge in [0.25, 0.3) is 0 Å². The zero-order valence-corrected chi connectivity index (χ0v) is 16.6. The quantitative estimate of drug-likeness (QED) is 0.823. The fourth-order valence-corrected chi connectivity index (χ4v) is 4.98. The van der Waals surface area contributed by atoms with Crippen LogP contribution >= 0.6 is 0 Å². The highest BCUT2D eigenvalue weighted by Crippen LogP contribution is 2.42. The van der Waals surface area contributed by atoms with Gasteiger partial charge in [0, 0.05) is 26.2 Å². The average molecular weight is 389 g/mol. The molecule has 2 N–H and O–H groups in total. The van der Waals surface area contributed by atoms with E-state index in [-0.39, 0.29) is 29.3 Å². The lowest BCUT2D eigenvalue weighted by Gasteiger charge is -2.38. The number of nitrogens with zero attached hydrogens (tertiary/aromatic N) is 2. The zero-order valence-electron chi connectivity index (χ0n) is 16.6. The van der Waals surface area contributed by atoms with Crippen LogP contribution < -0.4 is 0 Å². The number of benzene rings is 1. The van der Waals surface area contributed by atoms with E-state index in [9.17, 15) is 15.0 Å². The van der Waals surface area contributed by atoms with Crippen LogP contribution in [0.2, 0.25) is 0 Å². The number of aliphatic hydroxyl groups is 1. The molecule has 4 rings (SSSR count). The summed E-state index contributed by atoms with van der Waals surface area (Å²) in [6.45, 7) is 5.15. The average Bonchev–Trinajstić information content (AvgIpc) is 3.06. The van der Waals surface area contributed by atoms with Gasteiger partial charge in [-0.15, -0.1) is 0 Å². The highest BCUT2D eigenvalue weighted by atomic mass is 16.5. The summed E-state index contributed by atoms with van der Waals surface area (Å²) < 4.78 is 6.14. The standard InChI is InChI=1S/C22H32N2O4/c25-18-5-3-17(4-6-18)12-21(27)24-10-7-22(8-11-24)13-20(28-16-22)15-23-9-1-2-19(26)14-23/h3-6,19-20,25-26H,1-2,7-16H2. The molecule has 0 aliphatic carbocycles. The van der Waals surface area contributed by atoms with Gasteiger partial charge in [0.1, 0.15) is 5.75 Å². The maximum absolute atomic E-state index is 12.6. The van der Waals surface area contributed by atoms with Crippen molar-refractivity contribution in [1.29, 1.82) is 0 Å². The van der Waals surface area contributed by atoms with Crippen LogP contribution in [-0.2, 0) is 16.0 Å². The third-order valence-corrected chi connectivity index (χ3v) is 6.70. The van der Waals surface area contributed by atoms with E-state index in [1.807, 2.05) is 17.0 Å². The fourth-order valence-electron chi connectivity index (χ4n) is 4.98. The summed E-state index contributed by atoms with van der Waals surface area (Å²) in [6.07, 6.45) is 5.53. The number of aliphatic hydroxyl groups excluding tert-OH is 1. The van der Waals surface area contributed by atoms with Gasteiger partial charge in [0.05, 0.1) is 25.2 Å². The molecule has 2 atom stereocenters. The molecule has 0 bridgehead atoms. The molecule has 3 saturated heterocycles. The third-order valence-electron chi connectivity index (χ3n) is 6.70. The van der Waals surface area contributed by atoms with Crippen LogP contribution in [0.1, 0.15) is 37.7 Å². The molecule has 3 heterocycles. The summed E-state index contributed by atoms with van der Waals surface area (Å²) in [5, 5.41) is 19.2. The highest BCUT2D eigenvalue weighted by Gasteiger charge is 2.43. The molecular formula is C22H32N2O4. The number of hydrogen-bond donors (Lipinski definition) is 2. The van der Waals surface area contributed by atoms with Gasteiger partial charge in [0.15, 0.2) is 0 Å². The number of likely N-dealkylation sites (tertiary alicyclic amines) is 2. The van der Waals surface area contributed by atoms with E-state index in [4.69, 9.17) is 4.74 Å². The second kappa shape index (κ2) is 8.39. The number of rotatable bonds is 4. The van der Waals surface area contributed by atoms with Gasteiger partial charge in [-0.05, 0) is 61.8 Å². The van der Waals surface area contributed by atoms with Crippen molar-refractivity contribution in [1.82, 2.24) is 9.80 Å². The first kappa shape index (κ1) is 19.7. The number of phenols is 1. The SMILES string of the molecule is O=C(Cc1ccc(O)cc1)N1CCC2(CC1)COC(CN1CCCC(O)C1)C2. The van der Waals surface area contributed by atoms with Crippen LogP contribution in [0, 0.1) is 5.41 Å². The predicted molar refractivity (Wildman–Crippen MR) is 106 cm³/mol. The lowest BCUT2D eigenvalue weighted by atomic mass is 9.76. The number of carbonyl (C=O) groups is 1. The lowest BCUT2D eigenvalue weighted by molar-refractivity contribution is -0.132. The monoisotopic (exact) mass is 388 g/mol. The fraction of sp³-hybridized carbons (Fsp3) is 0.682. The summed E-state index contributed by atoms with van der Waals surface area (Å²) >= 11 is 0. The summed E-state index contributed by atoms with van der Waals surface area (Å²) in [7, 11) is 0. The zero-order chi connectivity index (χ0) is 19.6. The van der Waals surface area contributed by atoms with Gasteiger partial charge in [-0.3, -0.25) is 9.69 Å². The topological polar surface area (TPSA) is 73.2 Å². The molecule has 1 amide bonds. The van der Waals surface area contributed by atoms with Crippen LogP contribution in [0.15, 0.2) is 24.3 Å². The number of carbonyl (C=O) groups excluding carboxylic acids is 1. The van der Waals surface area contributed by atoms with E-state index in [1.165, 1.54) is 0 Å². The summed E-state index contributed by atoms with van der Waals surface area (Å²) in [5.74, 6) is 0.393. The normalized spacial score (nSPS) is 28.0. The lowest BCUT2D eigenvalue weighted by Crippen LogP contribution is -2.44. The van der Waals surface area contributed by atoms with Crippen molar-refractivity contribution in [2.75, 3.05) is 39.3 Å². The minimum atomic E-state index is -0.188. The number of amides is 1. The number of hydrogen-bond acceptors (Lipinski definition) is 5. The van der Waals surface area contributed by atoms with Gasteiger partial charge in [-0.25, -0.2) is 0 Å². The van der Waals surface area contributed by atoms with Crippen molar-refractivity contribution in [2.45, 2.75) is 50.7 Å². The van der Waals surface area contributed by atoms with Crippen molar-refractivity contribution in [3.05, 3.63) is 29.8 Å². The van der Waals surface area contributed by atoms with E-state index in [0.29, 0.717) is 6.42 Å². The van der Waals surface area contributed by atoms with Crippen molar-refractivity contribution in [3.8, 4) is 5.75 Å². The summed E-state index contributed by atoms with van der Waals surface area (Å²) in [5.41, 5.74) is 1.16. The number of piperidine rings is 2. The molecule has 0 radical (unpaired) electrons. The number of phenolic OH excluding ortho intramolecular Hbond substituents is 1. The van der Waals surface area contributed by atoms with Gasteiger partial charge >= 0.3 is 0 Å². The molecule has 154 valence electrons. The minimum Gasteiger partial charge on any atom is -0.508 e. The Kier molecular flexibility index (Phi) is 5.90. The second-order valence-corrected chi connectivity index (χ2v) is 8.92. The van der Waals surface area contributed by atoms with Crippen LogP contribution in [0.3, 0.4) is 0 Å². The largest absolute Gasteiger partial charge is 0.508 e. The highest BCUT2D eigenvalue weighted by molar-refractivity contribution is 5.78. The van der Waals surface area contributed by atoms with Crippen molar-refractivity contribution in [2.24, 2.45) is 5.41 Å². The van der Waals surface area contributed by atoms with Gasteiger partial charge < -0.3 is 19.8 Å². The number of β-amino-alcohol motifs (C(OH)–C–C–N with tert-alkyl or cyclic N) is 1. The van der Waals surface area contributed by atoms with E-state index >= 15 is 0 Å². The van der Waals surface area contributed by atoms with E-state index in [0.717, 1.165) is 77.0 Å². The van der Waals surface area contributed by atoms with Crippen molar-refractivity contribution < 1.29 is 19.7 Å². The molecule has 0 aromatic heterocycles. The molecule has 0 saturated carbocycles. The Morgan fingerprint density at radius 2 is 1.93 bits per heavy atom. The number of aromatic hydroxyl groups is 1. The third kappa shape index (κ3) is 4.67. The van der Waals surface area contributed by atoms with E-state index < -0.39 is 0 Å². The molecule has 2 unspecified atom stereocenters. The smallest absolute Gasteiger partial charge is 0.226 e. The maximum atomic E-state index is 12.6. The Balaban J connectivity index is 1.24. The Morgan fingerprint density at radius 3 is 2.64 bits per heavy atom. The molecule has 28 heavy (non-hydrogen) atoms. The number of ether oxygens (including phenoxy) is 1. The summed E-state index contributed by atoms with van der Waals surface area (Å²) in [4.78, 5) is 16.9. The molecular weight excluding hydrogens is 356 g/mol. The molecule has 1 aromatic rings. The van der Waals surface area contributed by atoms with Crippen molar-refractivity contribution >= 4 is 5.91 Å². The van der Waals surface area contributed by atoms with Crippen LogP contribution in [0.5, 0.6) is 5.75 Å². The molecule has 1 aromatic carbocycles. The molecule has 6 heteroatoms. The van der Waals surface area contributed by atoms with Crippen LogP contribution in [0.4, 0.5) is 0 Å².